The zero-order valence-corrected chi connectivity index (χ0v) is 17.1. The quantitative estimate of drug-likeness (QED) is 0.470. The molecule has 0 aliphatic rings. The molecule has 3 aromatic rings. The third-order valence-corrected chi connectivity index (χ3v) is 4.30. The van der Waals surface area contributed by atoms with Crippen molar-refractivity contribution in [2.24, 2.45) is 5.73 Å². The van der Waals surface area contributed by atoms with Crippen molar-refractivity contribution in [3.8, 4) is 16.9 Å². The third kappa shape index (κ3) is 6.65. The van der Waals surface area contributed by atoms with E-state index in [1.165, 1.54) is 37.4 Å². The second kappa shape index (κ2) is 10.6. The maximum atomic E-state index is 14.6. The predicted octanol–water partition coefficient (Wildman–Crippen LogP) is 5.37. The number of aromatic nitrogens is 1. The van der Waals surface area contributed by atoms with E-state index in [-0.39, 0.29) is 5.75 Å². The van der Waals surface area contributed by atoms with Gasteiger partial charge in [0.25, 0.3) is 0 Å². The molecule has 1 unspecified atom stereocenters. The Morgan fingerprint density at radius 3 is 2.03 bits per heavy atom. The molecule has 1 atom stereocenters. The number of aliphatic hydroxyl groups is 1. The molecule has 33 heavy (non-hydrogen) atoms. The summed E-state index contributed by atoms with van der Waals surface area (Å²) in [6, 6.07) is 9.44. The standard InChI is InChI=1S/C21H14F7NO2.CH5N/c22-14-4-7-16(17(23)9-14)19(30)21(27,28)18-8-3-13(10-29-18)12-1-5-15(6-2-12)31-11-20(24,25)26;1-2/h1-10,19,30H,11H2;2H2,1H3. The summed E-state index contributed by atoms with van der Waals surface area (Å²) in [6.45, 7) is -1.45. The Kier molecular flexibility index (Phi) is 8.39. The summed E-state index contributed by atoms with van der Waals surface area (Å²) in [7, 11) is 1.50. The summed E-state index contributed by atoms with van der Waals surface area (Å²) in [6.07, 6.45) is -6.01. The van der Waals surface area contributed by atoms with E-state index in [0.717, 1.165) is 24.4 Å². The van der Waals surface area contributed by atoms with Gasteiger partial charge in [0.2, 0.25) is 0 Å². The van der Waals surface area contributed by atoms with Crippen molar-refractivity contribution in [3.05, 3.63) is 83.7 Å². The molecule has 0 saturated heterocycles. The number of halogens is 7. The van der Waals surface area contributed by atoms with Gasteiger partial charge in [-0.15, -0.1) is 0 Å². The first kappa shape index (κ1) is 26.1. The van der Waals surface area contributed by atoms with Gasteiger partial charge in [0.15, 0.2) is 12.7 Å². The molecule has 3 N–H and O–H groups in total. The zero-order chi connectivity index (χ0) is 24.8. The number of aliphatic hydroxyl groups excluding tert-OH is 1. The third-order valence-electron chi connectivity index (χ3n) is 4.30. The Bertz CT molecular complexity index is 1040. The lowest BCUT2D eigenvalue weighted by Gasteiger charge is -2.23. The molecule has 11 heteroatoms. The predicted molar refractivity (Wildman–Crippen MR) is 107 cm³/mol. The largest absolute Gasteiger partial charge is 0.484 e. The minimum atomic E-state index is -4.48. The van der Waals surface area contributed by atoms with E-state index in [0.29, 0.717) is 17.2 Å². The molecule has 0 bridgehead atoms. The van der Waals surface area contributed by atoms with Crippen molar-refractivity contribution in [1.82, 2.24) is 4.98 Å². The number of hydrogen-bond acceptors (Lipinski definition) is 4. The van der Waals surface area contributed by atoms with Gasteiger partial charge in [-0.3, -0.25) is 4.98 Å². The van der Waals surface area contributed by atoms with Crippen LogP contribution in [0.5, 0.6) is 5.75 Å². The van der Waals surface area contributed by atoms with E-state index in [1.54, 1.807) is 0 Å². The fourth-order valence-electron chi connectivity index (χ4n) is 2.73. The highest BCUT2D eigenvalue weighted by Gasteiger charge is 2.44. The maximum Gasteiger partial charge on any atom is 0.422 e. The minimum Gasteiger partial charge on any atom is -0.484 e. The van der Waals surface area contributed by atoms with Crippen LogP contribution in [0.4, 0.5) is 30.7 Å². The average Bonchev–Trinajstić information content (AvgIpc) is 2.78. The molecule has 1 aromatic heterocycles. The Morgan fingerprint density at radius 2 is 1.52 bits per heavy atom. The number of rotatable bonds is 6. The van der Waals surface area contributed by atoms with Gasteiger partial charge in [-0.2, -0.15) is 22.0 Å². The fourth-order valence-corrected chi connectivity index (χ4v) is 2.73. The molecule has 4 nitrogen and oxygen atoms in total. The highest BCUT2D eigenvalue weighted by atomic mass is 19.4. The summed E-state index contributed by atoms with van der Waals surface area (Å²) < 4.78 is 97.1. The van der Waals surface area contributed by atoms with Crippen LogP contribution in [0.2, 0.25) is 0 Å². The van der Waals surface area contributed by atoms with Crippen LogP contribution >= 0.6 is 0 Å². The number of nitrogens with zero attached hydrogens (tertiary/aromatic N) is 1. The minimum absolute atomic E-state index is 0.0263. The first-order chi connectivity index (χ1) is 15.5. The van der Waals surface area contributed by atoms with Crippen molar-refractivity contribution in [3.63, 3.8) is 0 Å². The van der Waals surface area contributed by atoms with Crippen molar-refractivity contribution < 1.29 is 40.6 Å². The molecule has 0 radical (unpaired) electrons. The number of alkyl halides is 5. The normalized spacial score (nSPS) is 12.5. The van der Waals surface area contributed by atoms with Gasteiger partial charge in [-0.05, 0) is 36.9 Å². The molecule has 0 amide bonds. The van der Waals surface area contributed by atoms with E-state index < -0.39 is 47.7 Å². The van der Waals surface area contributed by atoms with E-state index >= 15 is 0 Å². The molecular formula is C22H19F7N2O2. The van der Waals surface area contributed by atoms with Gasteiger partial charge in [-0.1, -0.05) is 24.3 Å². The lowest BCUT2D eigenvalue weighted by atomic mass is 9.99. The van der Waals surface area contributed by atoms with Crippen LogP contribution in [0.25, 0.3) is 11.1 Å². The number of hydrogen-bond donors (Lipinski definition) is 2. The molecule has 3 rings (SSSR count). The van der Waals surface area contributed by atoms with Crippen LogP contribution in [0.1, 0.15) is 17.4 Å². The zero-order valence-electron chi connectivity index (χ0n) is 17.1. The highest BCUT2D eigenvalue weighted by molar-refractivity contribution is 5.63. The van der Waals surface area contributed by atoms with Gasteiger partial charge in [0, 0.05) is 23.4 Å². The summed E-state index contributed by atoms with van der Waals surface area (Å²) in [5.41, 5.74) is 3.69. The van der Waals surface area contributed by atoms with E-state index in [9.17, 15) is 35.8 Å². The van der Waals surface area contributed by atoms with Gasteiger partial charge < -0.3 is 15.6 Å². The van der Waals surface area contributed by atoms with E-state index in [2.05, 4.69) is 15.5 Å². The smallest absolute Gasteiger partial charge is 0.422 e. The topological polar surface area (TPSA) is 68.4 Å². The van der Waals surface area contributed by atoms with Gasteiger partial charge in [-0.25, -0.2) is 8.78 Å². The molecule has 2 aromatic carbocycles. The fraction of sp³-hybridized carbons (Fsp3) is 0.227. The number of ether oxygens (including phenoxy) is 1. The Balaban J connectivity index is 0.00000187. The van der Waals surface area contributed by atoms with Crippen LogP contribution in [0.15, 0.2) is 60.8 Å². The van der Waals surface area contributed by atoms with Gasteiger partial charge in [0.05, 0.1) is 0 Å². The van der Waals surface area contributed by atoms with Crippen LogP contribution in [-0.4, -0.2) is 29.9 Å². The van der Waals surface area contributed by atoms with Crippen LogP contribution < -0.4 is 10.5 Å². The summed E-state index contributed by atoms with van der Waals surface area (Å²) in [5, 5.41) is 9.95. The van der Waals surface area contributed by atoms with Crippen molar-refractivity contribution in [2.45, 2.75) is 18.2 Å². The molecule has 0 fully saturated rings. The molecule has 178 valence electrons. The second-order valence-corrected chi connectivity index (χ2v) is 6.55. The number of pyridine rings is 1. The van der Waals surface area contributed by atoms with E-state index in [1.807, 2.05) is 0 Å². The van der Waals surface area contributed by atoms with Crippen LogP contribution in [-0.2, 0) is 5.92 Å². The Hall–Kier alpha value is -3.18. The van der Waals surface area contributed by atoms with Crippen molar-refractivity contribution >= 4 is 0 Å². The first-order valence-corrected chi connectivity index (χ1v) is 9.32. The summed E-state index contributed by atoms with van der Waals surface area (Å²) in [4.78, 5) is 3.63. The highest BCUT2D eigenvalue weighted by Crippen LogP contribution is 2.40. The number of benzene rings is 2. The first-order valence-electron chi connectivity index (χ1n) is 9.32. The monoisotopic (exact) mass is 476 g/mol. The molecule has 0 aliphatic carbocycles. The lowest BCUT2D eigenvalue weighted by Crippen LogP contribution is -2.25. The van der Waals surface area contributed by atoms with Crippen LogP contribution in [0, 0.1) is 11.6 Å². The molecule has 0 saturated carbocycles. The van der Waals surface area contributed by atoms with Crippen LogP contribution in [0.3, 0.4) is 0 Å². The maximum absolute atomic E-state index is 14.6. The Labute approximate surface area is 184 Å². The molecule has 0 aliphatic heterocycles. The van der Waals surface area contributed by atoms with Gasteiger partial charge in [0.1, 0.15) is 23.1 Å². The second-order valence-electron chi connectivity index (χ2n) is 6.55. The number of nitrogens with two attached hydrogens (primary N) is 1. The summed E-state index contributed by atoms with van der Waals surface area (Å²) in [5.74, 6) is -6.31. The Morgan fingerprint density at radius 1 is 0.909 bits per heavy atom. The molecular weight excluding hydrogens is 457 g/mol. The summed E-state index contributed by atoms with van der Waals surface area (Å²) >= 11 is 0. The van der Waals surface area contributed by atoms with Crippen molar-refractivity contribution in [1.29, 1.82) is 0 Å². The average molecular weight is 476 g/mol. The lowest BCUT2D eigenvalue weighted by molar-refractivity contribution is -0.153. The van der Waals surface area contributed by atoms with E-state index in [4.69, 9.17) is 0 Å². The van der Waals surface area contributed by atoms with Gasteiger partial charge >= 0.3 is 12.1 Å². The SMILES string of the molecule is CN.OC(c1ccc(F)cc1F)C(F)(F)c1ccc(-c2ccc(OCC(F)(F)F)cc2)cn1. The molecule has 1 heterocycles. The van der Waals surface area contributed by atoms with Crippen molar-refractivity contribution in [2.75, 3.05) is 13.7 Å². The molecule has 0 spiro atoms.